The summed E-state index contributed by atoms with van der Waals surface area (Å²) < 4.78 is 5.68. The minimum Gasteiger partial charge on any atom is -0.373 e. The normalized spacial score (nSPS) is 18.3. The van der Waals surface area contributed by atoms with Crippen LogP contribution in [0.15, 0.2) is 30.3 Å². The van der Waals surface area contributed by atoms with Crippen molar-refractivity contribution in [2.24, 2.45) is 5.73 Å². The highest BCUT2D eigenvalue weighted by atomic mass is 16.5. The van der Waals surface area contributed by atoms with E-state index in [-0.39, 0.29) is 24.5 Å². The van der Waals surface area contributed by atoms with Crippen LogP contribution in [0.1, 0.15) is 11.1 Å². The largest absolute Gasteiger partial charge is 0.373 e. The van der Waals surface area contributed by atoms with E-state index in [2.05, 4.69) is 0 Å². The molecule has 1 aliphatic heterocycles. The third kappa shape index (κ3) is 5.79. The Labute approximate surface area is 142 Å². The van der Waals surface area contributed by atoms with Gasteiger partial charge in [-0.1, -0.05) is 29.8 Å². The summed E-state index contributed by atoms with van der Waals surface area (Å²) in [6.07, 6.45) is 3.32. The minimum atomic E-state index is -0.373. The van der Waals surface area contributed by atoms with E-state index in [1.807, 2.05) is 49.2 Å². The van der Waals surface area contributed by atoms with Gasteiger partial charge in [-0.2, -0.15) is 0 Å². The molecule has 1 saturated heterocycles. The van der Waals surface area contributed by atoms with Gasteiger partial charge >= 0.3 is 0 Å². The second kappa shape index (κ2) is 8.61. The summed E-state index contributed by atoms with van der Waals surface area (Å²) in [5.41, 5.74) is 7.35. The van der Waals surface area contributed by atoms with E-state index in [0.29, 0.717) is 26.2 Å². The maximum absolute atomic E-state index is 12.4. The van der Waals surface area contributed by atoms with Crippen LogP contribution in [0.3, 0.4) is 0 Å². The number of nitrogens with zero attached hydrogens (tertiary/aromatic N) is 2. The van der Waals surface area contributed by atoms with Gasteiger partial charge in [0.05, 0.1) is 19.3 Å². The fourth-order valence-electron chi connectivity index (χ4n) is 2.75. The third-order valence-corrected chi connectivity index (χ3v) is 3.85. The van der Waals surface area contributed by atoms with E-state index in [1.165, 1.54) is 0 Å². The molecular formula is C18H25N3O3. The molecule has 1 aliphatic rings. The van der Waals surface area contributed by atoms with Gasteiger partial charge in [0, 0.05) is 25.7 Å². The van der Waals surface area contributed by atoms with Gasteiger partial charge in [0.2, 0.25) is 11.8 Å². The molecule has 130 valence electrons. The van der Waals surface area contributed by atoms with E-state index in [4.69, 9.17) is 10.5 Å². The van der Waals surface area contributed by atoms with Crippen LogP contribution in [-0.2, 0) is 14.3 Å². The highest BCUT2D eigenvalue weighted by molar-refractivity contribution is 5.91. The maximum atomic E-state index is 12.4. The van der Waals surface area contributed by atoms with Gasteiger partial charge in [-0.3, -0.25) is 14.5 Å². The second-order valence-electron chi connectivity index (χ2n) is 6.19. The Morgan fingerprint density at radius 3 is 2.96 bits per heavy atom. The van der Waals surface area contributed by atoms with Crippen molar-refractivity contribution in [3.8, 4) is 0 Å². The molecule has 1 unspecified atom stereocenters. The number of rotatable bonds is 6. The number of morpholine rings is 1. The van der Waals surface area contributed by atoms with Crippen molar-refractivity contribution in [3.63, 3.8) is 0 Å². The van der Waals surface area contributed by atoms with Crippen LogP contribution < -0.4 is 5.73 Å². The lowest BCUT2D eigenvalue weighted by atomic mass is 10.1. The Balaban J connectivity index is 1.89. The molecule has 0 aromatic heterocycles. The molecule has 1 heterocycles. The smallest absolute Gasteiger partial charge is 0.246 e. The number of ether oxygens (including phenoxy) is 1. The van der Waals surface area contributed by atoms with Gasteiger partial charge in [0.1, 0.15) is 0 Å². The van der Waals surface area contributed by atoms with Gasteiger partial charge in [-0.05, 0) is 25.6 Å². The van der Waals surface area contributed by atoms with E-state index < -0.39 is 0 Å². The molecule has 2 amide bonds. The standard InChI is InChI=1S/C18H25N3O3/c1-14-4-3-5-15(10-14)6-7-18(23)21-8-9-24-16(12-21)11-20(2)13-17(19)22/h3-7,10,16H,8-9,11-13H2,1-2H3,(H2,19,22)/b7-6+. The Bertz CT molecular complexity index is 615. The number of primary amides is 1. The van der Waals surface area contributed by atoms with Crippen LogP contribution in [0.25, 0.3) is 6.08 Å². The molecule has 0 radical (unpaired) electrons. The first kappa shape index (κ1) is 18.2. The van der Waals surface area contributed by atoms with E-state index in [1.54, 1.807) is 11.0 Å². The molecule has 0 spiro atoms. The van der Waals surface area contributed by atoms with Crippen LogP contribution in [-0.4, -0.2) is 67.6 Å². The molecule has 0 saturated carbocycles. The molecule has 0 bridgehead atoms. The quantitative estimate of drug-likeness (QED) is 0.777. The number of carbonyl (C=O) groups excluding carboxylic acids is 2. The number of benzene rings is 1. The molecule has 2 rings (SSSR count). The predicted octanol–water partition coefficient (Wildman–Crippen LogP) is 0.653. The number of carbonyl (C=O) groups is 2. The van der Waals surface area contributed by atoms with Gasteiger partial charge < -0.3 is 15.4 Å². The van der Waals surface area contributed by atoms with Crippen molar-refractivity contribution in [2.75, 3.05) is 39.8 Å². The zero-order valence-electron chi connectivity index (χ0n) is 14.3. The molecule has 1 atom stereocenters. The Kier molecular flexibility index (Phi) is 6.52. The highest BCUT2D eigenvalue weighted by Crippen LogP contribution is 2.10. The van der Waals surface area contributed by atoms with E-state index in [9.17, 15) is 9.59 Å². The summed E-state index contributed by atoms with van der Waals surface area (Å²) in [6.45, 7) is 4.36. The molecule has 1 aromatic rings. The van der Waals surface area contributed by atoms with Crippen molar-refractivity contribution in [1.29, 1.82) is 0 Å². The molecular weight excluding hydrogens is 306 g/mol. The van der Waals surface area contributed by atoms with Crippen LogP contribution in [0, 0.1) is 6.92 Å². The topological polar surface area (TPSA) is 75.9 Å². The highest BCUT2D eigenvalue weighted by Gasteiger charge is 2.24. The van der Waals surface area contributed by atoms with Crippen LogP contribution in [0.2, 0.25) is 0 Å². The molecule has 0 aliphatic carbocycles. The van der Waals surface area contributed by atoms with Crippen LogP contribution in [0.4, 0.5) is 0 Å². The Morgan fingerprint density at radius 1 is 1.46 bits per heavy atom. The van der Waals surface area contributed by atoms with Gasteiger partial charge in [0.15, 0.2) is 0 Å². The average Bonchev–Trinajstić information content (AvgIpc) is 2.52. The van der Waals surface area contributed by atoms with Crippen molar-refractivity contribution in [3.05, 3.63) is 41.5 Å². The Morgan fingerprint density at radius 2 is 2.25 bits per heavy atom. The zero-order chi connectivity index (χ0) is 17.5. The lowest BCUT2D eigenvalue weighted by molar-refractivity contribution is -0.134. The van der Waals surface area contributed by atoms with Crippen molar-refractivity contribution >= 4 is 17.9 Å². The van der Waals surface area contributed by atoms with E-state index >= 15 is 0 Å². The first-order chi connectivity index (χ1) is 11.4. The minimum absolute atomic E-state index is 0.0256. The number of hydrogen-bond acceptors (Lipinski definition) is 4. The molecule has 24 heavy (non-hydrogen) atoms. The number of aryl methyl sites for hydroxylation is 1. The maximum Gasteiger partial charge on any atom is 0.246 e. The summed E-state index contributed by atoms with van der Waals surface area (Å²) in [4.78, 5) is 26.9. The molecule has 2 N–H and O–H groups in total. The van der Waals surface area contributed by atoms with Crippen LogP contribution >= 0.6 is 0 Å². The summed E-state index contributed by atoms with van der Waals surface area (Å²) in [5.74, 6) is -0.398. The molecule has 1 fully saturated rings. The molecule has 6 heteroatoms. The first-order valence-corrected chi connectivity index (χ1v) is 8.06. The summed E-state index contributed by atoms with van der Waals surface area (Å²) in [7, 11) is 1.81. The van der Waals surface area contributed by atoms with Crippen molar-refractivity contribution in [2.45, 2.75) is 13.0 Å². The average molecular weight is 331 g/mol. The van der Waals surface area contributed by atoms with Crippen molar-refractivity contribution in [1.82, 2.24) is 9.80 Å². The lowest BCUT2D eigenvalue weighted by Gasteiger charge is -2.34. The summed E-state index contributed by atoms with van der Waals surface area (Å²) in [6, 6.07) is 8.00. The fourth-order valence-corrected chi connectivity index (χ4v) is 2.75. The monoisotopic (exact) mass is 331 g/mol. The molecule has 6 nitrogen and oxygen atoms in total. The number of nitrogens with two attached hydrogens (primary N) is 1. The third-order valence-electron chi connectivity index (χ3n) is 3.85. The fraction of sp³-hybridized carbons (Fsp3) is 0.444. The summed E-state index contributed by atoms with van der Waals surface area (Å²) >= 11 is 0. The first-order valence-electron chi connectivity index (χ1n) is 8.06. The van der Waals surface area contributed by atoms with Gasteiger partial charge in [-0.15, -0.1) is 0 Å². The zero-order valence-corrected chi connectivity index (χ0v) is 14.3. The van der Waals surface area contributed by atoms with E-state index in [0.717, 1.165) is 11.1 Å². The Hall–Kier alpha value is -2.18. The summed E-state index contributed by atoms with van der Waals surface area (Å²) in [5, 5.41) is 0. The van der Waals surface area contributed by atoms with Gasteiger partial charge in [0.25, 0.3) is 0 Å². The van der Waals surface area contributed by atoms with Crippen LogP contribution in [0.5, 0.6) is 0 Å². The number of hydrogen-bond donors (Lipinski definition) is 1. The lowest BCUT2D eigenvalue weighted by Crippen LogP contribution is -2.49. The number of likely N-dealkylation sites (N-methyl/N-ethyl adjacent to an activating group) is 1. The number of amides is 2. The second-order valence-corrected chi connectivity index (χ2v) is 6.19. The van der Waals surface area contributed by atoms with Gasteiger partial charge in [-0.25, -0.2) is 0 Å². The SMILES string of the molecule is Cc1cccc(/C=C/C(=O)N2CCOC(CN(C)CC(N)=O)C2)c1. The van der Waals surface area contributed by atoms with Crippen molar-refractivity contribution < 1.29 is 14.3 Å². The molecule has 1 aromatic carbocycles. The predicted molar refractivity (Wildman–Crippen MR) is 93.2 cm³/mol.